The SMILES string of the molecule is CC(C)N(CC(N)=O)S(=O)(=O)Cc1ccc(C(N)=S)cc1. The van der Waals surface area contributed by atoms with E-state index in [4.69, 9.17) is 23.7 Å². The maximum atomic E-state index is 12.4. The maximum Gasteiger partial charge on any atom is 0.232 e. The number of carbonyl (C=O) groups excluding carboxylic acids is 1. The Balaban J connectivity index is 2.97. The van der Waals surface area contributed by atoms with Crippen molar-refractivity contribution < 1.29 is 13.2 Å². The van der Waals surface area contributed by atoms with Crippen molar-refractivity contribution in [1.29, 1.82) is 0 Å². The summed E-state index contributed by atoms with van der Waals surface area (Å²) < 4.78 is 25.8. The van der Waals surface area contributed by atoms with Crippen molar-refractivity contribution in [2.45, 2.75) is 25.6 Å². The number of sulfonamides is 1. The van der Waals surface area contributed by atoms with Gasteiger partial charge in [-0.3, -0.25) is 4.79 Å². The molecular weight excluding hydrogens is 310 g/mol. The molecule has 0 saturated heterocycles. The van der Waals surface area contributed by atoms with Crippen LogP contribution in [-0.4, -0.2) is 36.2 Å². The van der Waals surface area contributed by atoms with Crippen LogP contribution in [-0.2, 0) is 20.6 Å². The van der Waals surface area contributed by atoms with Gasteiger partial charge < -0.3 is 11.5 Å². The van der Waals surface area contributed by atoms with Crippen molar-refractivity contribution in [2.75, 3.05) is 6.54 Å². The largest absolute Gasteiger partial charge is 0.389 e. The molecule has 0 aliphatic heterocycles. The van der Waals surface area contributed by atoms with Crippen molar-refractivity contribution in [3.05, 3.63) is 35.4 Å². The first kappa shape index (κ1) is 17.5. The monoisotopic (exact) mass is 329 g/mol. The minimum absolute atomic E-state index is 0.212. The summed E-state index contributed by atoms with van der Waals surface area (Å²) in [5.41, 5.74) is 11.8. The molecule has 21 heavy (non-hydrogen) atoms. The normalized spacial score (nSPS) is 11.8. The number of hydrogen-bond acceptors (Lipinski definition) is 4. The van der Waals surface area contributed by atoms with E-state index in [-0.39, 0.29) is 23.3 Å². The third-order valence-electron chi connectivity index (χ3n) is 2.83. The van der Waals surface area contributed by atoms with E-state index in [0.29, 0.717) is 11.1 Å². The predicted molar refractivity (Wildman–Crippen MR) is 86.0 cm³/mol. The van der Waals surface area contributed by atoms with E-state index in [1.165, 1.54) is 0 Å². The molecule has 6 nitrogen and oxygen atoms in total. The quantitative estimate of drug-likeness (QED) is 0.702. The molecule has 0 aliphatic carbocycles. The van der Waals surface area contributed by atoms with Crippen LogP contribution in [0.3, 0.4) is 0 Å². The molecule has 0 saturated carbocycles. The molecule has 1 rings (SSSR count). The van der Waals surface area contributed by atoms with Gasteiger partial charge in [0.1, 0.15) is 4.99 Å². The molecule has 1 aromatic carbocycles. The molecule has 0 aliphatic rings. The number of primary amides is 1. The first-order valence-corrected chi connectivity index (χ1v) is 8.32. The van der Waals surface area contributed by atoms with Crippen LogP contribution in [0.4, 0.5) is 0 Å². The van der Waals surface area contributed by atoms with Crippen molar-refractivity contribution in [3.63, 3.8) is 0 Å². The van der Waals surface area contributed by atoms with Gasteiger partial charge in [0.15, 0.2) is 0 Å². The third kappa shape index (κ3) is 5.07. The Morgan fingerprint density at radius 3 is 2.14 bits per heavy atom. The Morgan fingerprint density at radius 1 is 1.24 bits per heavy atom. The van der Waals surface area contributed by atoms with Crippen molar-refractivity contribution in [2.24, 2.45) is 11.5 Å². The van der Waals surface area contributed by atoms with E-state index in [9.17, 15) is 13.2 Å². The van der Waals surface area contributed by atoms with Gasteiger partial charge in [-0.2, -0.15) is 4.31 Å². The van der Waals surface area contributed by atoms with Gasteiger partial charge in [-0.1, -0.05) is 36.5 Å². The van der Waals surface area contributed by atoms with E-state index in [1.807, 2.05) is 0 Å². The van der Waals surface area contributed by atoms with E-state index in [2.05, 4.69) is 0 Å². The van der Waals surface area contributed by atoms with Gasteiger partial charge in [0.25, 0.3) is 0 Å². The highest BCUT2D eigenvalue weighted by atomic mass is 32.2. The molecule has 8 heteroatoms. The molecule has 0 aromatic heterocycles. The molecule has 116 valence electrons. The number of rotatable bonds is 7. The molecule has 0 atom stereocenters. The highest BCUT2D eigenvalue weighted by Crippen LogP contribution is 2.14. The smallest absolute Gasteiger partial charge is 0.232 e. The average molecular weight is 329 g/mol. The summed E-state index contributed by atoms with van der Waals surface area (Å²) >= 11 is 4.84. The highest BCUT2D eigenvalue weighted by molar-refractivity contribution is 7.88. The number of benzene rings is 1. The zero-order valence-corrected chi connectivity index (χ0v) is 13.6. The van der Waals surface area contributed by atoms with Crippen LogP contribution in [0.15, 0.2) is 24.3 Å². The Labute approximate surface area is 130 Å². The lowest BCUT2D eigenvalue weighted by atomic mass is 10.1. The summed E-state index contributed by atoms with van der Waals surface area (Å²) in [6.45, 7) is 3.05. The van der Waals surface area contributed by atoms with E-state index < -0.39 is 15.9 Å². The molecule has 0 heterocycles. The summed E-state index contributed by atoms with van der Waals surface area (Å²) in [7, 11) is -3.63. The van der Waals surface area contributed by atoms with Gasteiger partial charge in [-0.05, 0) is 19.4 Å². The van der Waals surface area contributed by atoms with Gasteiger partial charge in [-0.25, -0.2) is 8.42 Å². The number of thiocarbonyl (C=S) groups is 1. The van der Waals surface area contributed by atoms with Gasteiger partial charge in [0, 0.05) is 11.6 Å². The second kappa shape index (κ2) is 6.97. The minimum atomic E-state index is -3.63. The van der Waals surface area contributed by atoms with Gasteiger partial charge in [-0.15, -0.1) is 0 Å². The zero-order valence-electron chi connectivity index (χ0n) is 11.9. The molecule has 0 spiro atoms. The van der Waals surface area contributed by atoms with Gasteiger partial charge in [0.2, 0.25) is 15.9 Å². The topological polar surface area (TPSA) is 106 Å². The Kier molecular flexibility index (Phi) is 5.82. The Hall–Kier alpha value is -1.51. The van der Waals surface area contributed by atoms with Crippen LogP contribution in [0.25, 0.3) is 0 Å². The van der Waals surface area contributed by atoms with E-state index in [1.54, 1.807) is 38.1 Å². The molecule has 0 fully saturated rings. The third-order valence-corrected chi connectivity index (χ3v) is 5.03. The van der Waals surface area contributed by atoms with E-state index in [0.717, 1.165) is 4.31 Å². The van der Waals surface area contributed by atoms with Gasteiger partial charge in [0.05, 0.1) is 12.3 Å². The zero-order chi connectivity index (χ0) is 16.2. The fourth-order valence-electron chi connectivity index (χ4n) is 1.81. The summed E-state index contributed by atoms with van der Waals surface area (Å²) in [4.78, 5) is 11.3. The summed E-state index contributed by atoms with van der Waals surface area (Å²) in [6, 6.07) is 6.28. The first-order chi connectivity index (χ1) is 9.63. The predicted octanol–water partition coefficient (Wildman–Crippen LogP) is 0.346. The Morgan fingerprint density at radius 2 is 1.76 bits per heavy atom. The van der Waals surface area contributed by atoms with Crippen LogP contribution in [0.1, 0.15) is 25.0 Å². The average Bonchev–Trinajstić information content (AvgIpc) is 2.35. The highest BCUT2D eigenvalue weighted by Gasteiger charge is 2.26. The number of nitrogens with zero attached hydrogens (tertiary/aromatic N) is 1. The van der Waals surface area contributed by atoms with Crippen molar-refractivity contribution in [1.82, 2.24) is 4.31 Å². The van der Waals surface area contributed by atoms with E-state index >= 15 is 0 Å². The lowest BCUT2D eigenvalue weighted by Gasteiger charge is -2.24. The van der Waals surface area contributed by atoms with Crippen LogP contribution < -0.4 is 11.5 Å². The van der Waals surface area contributed by atoms with Crippen molar-refractivity contribution >= 4 is 33.1 Å². The molecular formula is C13H19N3O3S2. The lowest BCUT2D eigenvalue weighted by Crippen LogP contribution is -2.43. The number of nitrogens with two attached hydrogens (primary N) is 2. The first-order valence-electron chi connectivity index (χ1n) is 6.30. The second-order valence-electron chi connectivity index (χ2n) is 4.92. The molecule has 1 aromatic rings. The van der Waals surface area contributed by atoms with Crippen LogP contribution in [0.2, 0.25) is 0 Å². The fraction of sp³-hybridized carbons (Fsp3) is 0.385. The summed E-state index contributed by atoms with van der Waals surface area (Å²) in [6.07, 6.45) is 0. The molecule has 0 bridgehead atoms. The summed E-state index contributed by atoms with van der Waals surface area (Å²) in [5, 5.41) is 0. The maximum absolute atomic E-state index is 12.4. The lowest BCUT2D eigenvalue weighted by molar-refractivity contribution is -0.118. The molecule has 4 N–H and O–H groups in total. The number of carbonyl (C=O) groups is 1. The van der Waals surface area contributed by atoms with Crippen molar-refractivity contribution in [3.8, 4) is 0 Å². The van der Waals surface area contributed by atoms with Crippen LogP contribution in [0, 0.1) is 0 Å². The van der Waals surface area contributed by atoms with Crippen LogP contribution >= 0.6 is 12.2 Å². The molecule has 0 radical (unpaired) electrons. The molecule has 1 amide bonds. The van der Waals surface area contributed by atoms with Crippen LogP contribution in [0.5, 0.6) is 0 Å². The second-order valence-corrected chi connectivity index (χ2v) is 7.28. The minimum Gasteiger partial charge on any atom is -0.389 e. The number of hydrogen-bond donors (Lipinski definition) is 2. The standard InChI is InChI=1S/C13H19N3O3S2/c1-9(2)16(7-12(14)17)21(18,19)8-10-3-5-11(6-4-10)13(15)20/h3-6,9H,7-8H2,1-2H3,(H2,14,17)(H2,15,20). The summed E-state index contributed by atoms with van der Waals surface area (Å²) in [5.74, 6) is -0.896. The Bertz CT molecular complexity index is 625. The fourth-order valence-corrected chi connectivity index (χ4v) is 3.70. The number of amides is 1. The van der Waals surface area contributed by atoms with Gasteiger partial charge >= 0.3 is 0 Å². The molecule has 0 unspecified atom stereocenters.